The van der Waals surface area contributed by atoms with E-state index < -0.39 is 11.6 Å². The van der Waals surface area contributed by atoms with E-state index in [0.717, 1.165) is 7.14 Å². The fraction of sp³-hybridized carbons (Fsp3) is 0.0500. The zero-order valence-electron chi connectivity index (χ0n) is 15.0. The van der Waals surface area contributed by atoms with E-state index in [1.54, 1.807) is 12.1 Å². The van der Waals surface area contributed by atoms with Gasteiger partial charge in [-0.05, 0) is 154 Å². The van der Waals surface area contributed by atoms with Crippen LogP contribution in [-0.2, 0) is 10.3 Å². The summed E-state index contributed by atoms with van der Waals surface area (Å²) in [5.41, 5.74) is 0.761. The van der Waals surface area contributed by atoms with Gasteiger partial charge in [0.25, 0.3) is 0 Å². The van der Waals surface area contributed by atoms with E-state index in [4.69, 9.17) is 21.1 Å². The number of carbonyl (C=O) groups excluding carboxylic acids is 1. The molecule has 2 N–H and O–H groups in total. The van der Waals surface area contributed by atoms with Crippen molar-refractivity contribution in [1.29, 1.82) is 0 Å². The van der Waals surface area contributed by atoms with Gasteiger partial charge in [0.1, 0.15) is 11.5 Å². The maximum atomic E-state index is 13.3. The number of phenols is 2. The molecule has 32 heavy (non-hydrogen) atoms. The molecule has 0 fully saturated rings. The fourth-order valence-electron chi connectivity index (χ4n) is 3.87. The number of hydrogen-bond donors (Lipinski definition) is 2. The molecule has 5 nitrogen and oxygen atoms in total. The highest BCUT2D eigenvalue weighted by Crippen LogP contribution is 2.61. The number of hydrogen-bond acceptors (Lipinski definition) is 5. The summed E-state index contributed by atoms with van der Waals surface area (Å²) in [6, 6.07) is 5.45. The summed E-state index contributed by atoms with van der Waals surface area (Å²) >= 11 is 19.1. The van der Waals surface area contributed by atoms with Gasteiger partial charge < -0.3 is 19.7 Å². The summed E-state index contributed by atoms with van der Waals surface area (Å²) in [6.45, 7) is 0. The summed E-state index contributed by atoms with van der Waals surface area (Å²) in [4.78, 5) is 13.3. The van der Waals surface area contributed by atoms with Crippen LogP contribution >= 0.6 is 147 Å². The summed E-state index contributed by atoms with van der Waals surface area (Å²) in [5.74, 6) is 0.371. The third-order valence-corrected chi connectivity index (χ3v) is 12.6. The number of halogens is 7. The summed E-state index contributed by atoms with van der Waals surface area (Å²) in [5, 5.41) is 21.5. The van der Waals surface area contributed by atoms with Crippen molar-refractivity contribution in [1.82, 2.24) is 0 Å². The highest BCUT2D eigenvalue weighted by molar-refractivity contribution is 14.1. The first-order chi connectivity index (χ1) is 15.0. The molecule has 2 aliphatic heterocycles. The molecule has 0 radical (unpaired) electrons. The molecule has 3 aromatic carbocycles. The van der Waals surface area contributed by atoms with Gasteiger partial charge in [-0.15, -0.1) is 0 Å². The number of benzene rings is 3. The maximum absolute atomic E-state index is 13.3. The minimum Gasteiger partial charge on any atom is -0.506 e. The second kappa shape index (κ2) is 8.65. The first-order valence-corrected chi connectivity index (χ1v) is 15.4. The van der Waals surface area contributed by atoms with E-state index in [9.17, 15) is 15.0 Å². The van der Waals surface area contributed by atoms with Crippen molar-refractivity contribution in [2.75, 3.05) is 0 Å². The molecule has 0 aromatic heterocycles. The summed E-state index contributed by atoms with van der Waals surface area (Å²) < 4.78 is 16.3. The lowest BCUT2D eigenvalue weighted by Gasteiger charge is -2.38. The average molecular weight is 1120 g/mol. The van der Waals surface area contributed by atoms with Gasteiger partial charge in [0.05, 0.1) is 36.0 Å². The minimum atomic E-state index is -1.34. The van der Waals surface area contributed by atoms with Crippen molar-refractivity contribution in [3.05, 3.63) is 66.9 Å². The van der Waals surface area contributed by atoms with E-state index in [1.807, 2.05) is 96.4 Å². The van der Waals surface area contributed by atoms with Crippen LogP contribution < -0.4 is 4.74 Å². The molecule has 2 aliphatic rings. The van der Waals surface area contributed by atoms with Crippen LogP contribution in [0.1, 0.15) is 27.0 Å². The molecule has 0 amide bonds. The Balaban J connectivity index is 2.02. The average Bonchev–Trinajstić information content (AvgIpc) is 3.03. The maximum Gasteiger partial charge on any atom is 0.341 e. The molecule has 12 heteroatoms. The van der Waals surface area contributed by atoms with Crippen LogP contribution in [0.3, 0.4) is 0 Å². The lowest BCUT2D eigenvalue weighted by Crippen LogP contribution is -2.34. The Morgan fingerprint density at radius 2 is 1.22 bits per heavy atom. The smallest absolute Gasteiger partial charge is 0.341 e. The van der Waals surface area contributed by atoms with E-state index in [1.165, 1.54) is 0 Å². The zero-order valence-corrected chi connectivity index (χ0v) is 28.7. The Morgan fingerprint density at radius 3 is 1.72 bits per heavy atom. The SMILES string of the molecule is O=C1OC2(c3cc(I)c(O)c(I)c3Oc3c2cc(I)c(O)c3I)c2cc(I)c(I)c(Cl)c21. The lowest BCUT2D eigenvalue weighted by molar-refractivity contribution is 0.0222. The monoisotopic (exact) mass is 1120 g/mol. The van der Waals surface area contributed by atoms with Crippen molar-refractivity contribution in [2.45, 2.75) is 5.60 Å². The van der Waals surface area contributed by atoms with Crippen LogP contribution in [0.4, 0.5) is 0 Å². The molecule has 2 heterocycles. The Bertz CT molecular complexity index is 1340. The predicted octanol–water partition coefficient (Wildman–Crippen LogP) is 7.95. The van der Waals surface area contributed by atoms with Crippen molar-refractivity contribution in [2.24, 2.45) is 0 Å². The second-order valence-corrected chi connectivity index (χ2v) is 14.0. The van der Waals surface area contributed by atoms with Gasteiger partial charge >= 0.3 is 5.97 Å². The quantitative estimate of drug-likeness (QED) is 0.136. The molecule has 0 unspecified atom stereocenters. The molecule has 0 bridgehead atoms. The predicted molar refractivity (Wildman–Crippen MR) is 169 cm³/mol. The van der Waals surface area contributed by atoms with Gasteiger partial charge in [-0.2, -0.15) is 0 Å². The molecule has 1 spiro atoms. The lowest BCUT2D eigenvalue weighted by atomic mass is 9.77. The molecular weight excluding hydrogens is 1120 g/mol. The molecular formula is C20H5ClI6O5. The Labute approximate surface area is 268 Å². The summed E-state index contributed by atoms with van der Waals surface area (Å²) in [6.07, 6.45) is 0. The Kier molecular flexibility index (Phi) is 6.72. The van der Waals surface area contributed by atoms with Crippen molar-refractivity contribution < 1.29 is 24.5 Å². The number of rotatable bonds is 0. The van der Waals surface area contributed by atoms with Crippen molar-refractivity contribution in [3.8, 4) is 23.0 Å². The van der Waals surface area contributed by atoms with Gasteiger partial charge in [-0.1, -0.05) is 11.6 Å². The van der Waals surface area contributed by atoms with Gasteiger partial charge in [0.2, 0.25) is 0 Å². The molecule has 5 rings (SSSR count). The number of aromatic hydroxyl groups is 2. The van der Waals surface area contributed by atoms with Crippen molar-refractivity contribution >= 4 is 153 Å². The molecule has 0 saturated carbocycles. The molecule has 0 atom stereocenters. The van der Waals surface area contributed by atoms with Gasteiger partial charge in [-0.3, -0.25) is 0 Å². The van der Waals surface area contributed by atoms with Gasteiger partial charge in [-0.25, -0.2) is 4.79 Å². The zero-order chi connectivity index (χ0) is 23.3. The first-order valence-electron chi connectivity index (χ1n) is 8.52. The van der Waals surface area contributed by atoms with Crippen LogP contribution in [0.15, 0.2) is 18.2 Å². The fourth-order valence-corrected chi connectivity index (χ4v) is 8.89. The van der Waals surface area contributed by atoms with Crippen LogP contribution in [0.5, 0.6) is 23.0 Å². The largest absolute Gasteiger partial charge is 0.506 e. The van der Waals surface area contributed by atoms with Crippen molar-refractivity contribution in [3.63, 3.8) is 0 Å². The van der Waals surface area contributed by atoms with Crippen LogP contribution in [-0.4, -0.2) is 16.2 Å². The first kappa shape index (κ1) is 24.9. The molecule has 0 saturated heterocycles. The second-order valence-electron chi connectivity index (χ2n) is 6.88. The number of phenolic OH excluding ortho intramolecular Hbond substituents is 2. The number of carbonyl (C=O) groups is 1. The molecule has 164 valence electrons. The van der Waals surface area contributed by atoms with Gasteiger partial charge in [0.15, 0.2) is 17.1 Å². The Morgan fingerprint density at radius 1 is 0.750 bits per heavy atom. The third-order valence-electron chi connectivity index (χ3n) is 5.25. The summed E-state index contributed by atoms with van der Waals surface area (Å²) in [7, 11) is 0. The normalized spacial score (nSPS) is 15.2. The van der Waals surface area contributed by atoms with E-state index in [2.05, 4.69) is 45.2 Å². The van der Waals surface area contributed by atoms with Crippen LogP contribution in [0.25, 0.3) is 0 Å². The number of fused-ring (bicyclic) bond motifs is 6. The van der Waals surface area contributed by atoms with E-state index in [-0.39, 0.29) is 11.5 Å². The van der Waals surface area contributed by atoms with Gasteiger partial charge in [0, 0.05) is 12.7 Å². The molecule has 0 aliphatic carbocycles. The number of ether oxygens (including phenoxy) is 2. The highest BCUT2D eigenvalue weighted by Gasteiger charge is 2.56. The van der Waals surface area contributed by atoms with Crippen LogP contribution in [0, 0.1) is 21.4 Å². The highest BCUT2D eigenvalue weighted by atomic mass is 127. The van der Waals surface area contributed by atoms with Crippen LogP contribution in [0.2, 0.25) is 5.02 Å². The van der Waals surface area contributed by atoms with E-state index >= 15 is 0 Å². The minimum absolute atomic E-state index is 0.0769. The Hall–Kier alpha value is 1.20. The third kappa shape index (κ3) is 3.35. The number of esters is 1. The topological polar surface area (TPSA) is 76.0 Å². The van der Waals surface area contributed by atoms with E-state index in [0.29, 0.717) is 53.1 Å². The molecule has 3 aromatic rings. The standard InChI is InChI=1S/C20H5ClI6O5/c21-11-10-4(1-7(22)12(11)25)20(32-19(10)30)5-2-8(23)15(28)13(26)17(5)31-18-6(20)3-9(24)16(29)14(18)27/h1-3,28-29H.